The summed E-state index contributed by atoms with van der Waals surface area (Å²) in [7, 11) is -0.551. The van der Waals surface area contributed by atoms with Gasteiger partial charge in [0.1, 0.15) is 11.0 Å². The van der Waals surface area contributed by atoms with Crippen LogP contribution in [-0.4, -0.2) is 33.3 Å². The standard InChI is InChI=1S/C23H26F5NO4S/c1-10(2)34(31)21-12(4)29-15(9-16(21)30)20-17(11(3)22(5,33-20)23(26,27)28)13-7-8-14(24)18(25)19(13)32-6/h7-11,17,20H,1-6H3,(H,29,30)/t11-,17-,20-,22+,34+/m0/s1. The van der Waals surface area contributed by atoms with E-state index < -0.39 is 63.3 Å². The molecule has 0 unspecified atom stereocenters. The maximum Gasteiger partial charge on any atom is 0.417 e. The molecule has 3 rings (SSSR count). The van der Waals surface area contributed by atoms with E-state index >= 15 is 0 Å². The minimum atomic E-state index is -4.81. The smallest absolute Gasteiger partial charge is 0.417 e. The zero-order valence-corrected chi connectivity index (χ0v) is 20.3. The molecule has 1 aromatic carbocycles. The lowest BCUT2D eigenvalue weighted by molar-refractivity contribution is -0.275. The van der Waals surface area contributed by atoms with Gasteiger partial charge in [-0.3, -0.25) is 9.00 Å². The molecule has 11 heteroatoms. The number of hydrogen-bond acceptors (Lipinski definition) is 4. The second-order valence-corrected chi connectivity index (χ2v) is 10.8. The number of aromatic nitrogens is 1. The highest BCUT2D eigenvalue weighted by Crippen LogP contribution is 2.59. The number of alkyl halides is 3. The van der Waals surface area contributed by atoms with Crippen LogP contribution in [0.1, 0.15) is 56.7 Å². The van der Waals surface area contributed by atoms with Crippen molar-refractivity contribution in [1.29, 1.82) is 0 Å². The van der Waals surface area contributed by atoms with Crippen molar-refractivity contribution < 1.29 is 35.6 Å². The zero-order valence-electron chi connectivity index (χ0n) is 19.5. The highest BCUT2D eigenvalue weighted by atomic mass is 32.2. The predicted octanol–water partition coefficient (Wildman–Crippen LogP) is 5.30. The van der Waals surface area contributed by atoms with Crippen LogP contribution in [0.2, 0.25) is 0 Å². The summed E-state index contributed by atoms with van der Waals surface area (Å²) in [4.78, 5) is 15.7. The van der Waals surface area contributed by atoms with E-state index in [1.165, 1.54) is 13.8 Å². The van der Waals surface area contributed by atoms with Crippen LogP contribution in [0.3, 0.4) is 0 Å². The summed E-state index contributed by atoms with van der Waals surface area (Å²) >= 11 is 0. The van der Waals surface area contributed by atoms with Crippen LogP contribution in [0.5, 0.6) is 5.75 Å². The van der Waals surface area contributed by atoms with Gasteiger partial charge in [0, 0.05) is 40.1 Å². The van der Waals surface area contributed by atoms with Gasteiger partial charge in [-0.25, -0.2) is 4.39 Å². The summed E-state index contributed by atoms with van der Waals surface area (Å²) < 4.78 is 93.8. The van der Waals surface area contributed by atoms with Crippen molar-refractivity contribution in [1.82, 2.24) is 4.98 Å². The number of nitrogens with one attached hydrogen (secondary N) is 1. The van der Waals surface area contributed by atoms with E-state index in [-0.39, 0.29) is 27.1 Å². The van der Waals surface area contributed by atoms with Gasteiger partial charge in [-0.15, -0.1) is 0 Å². The Balaban J connectivity index is 2.26. The molecular formula is C23H26F5NO4S. The Labute approximate surface area is 196 Å². The van der Waals surface area contributed by atoms with Gasteiger partial charge in [-0.1, -0.05) is 26.8 Å². The predicted molar refractivity (Wildman–Crippen MR) is 116 cm³/mol. The number of rotatable bonds is 5. The summed E-state index contributed by atoms with van der Waals surface area (Å²) in [6, 6.07) is 3.02. The molecule has 1 aliphatic heterocycles. The molecule has 1 aliphatic rings. The Bertz CT molecular complexity index is 1180. The first-order valence-corrected chi connectivity index (χ1v) is 11.8. The van der Waals surface area contributed by atoms with Gasteiger partial charge in [0.2, 0.25) is 5.82 Å². The van der Waals surface area contributed by atoms with Gasteiger partial charge in [0.25, 0.3) is 0 Å². The average molecular weight is 508 g/mol. The lowest BCUT2D eigenvalue weighted by atomic mass is 9.76. The van der Waals surface area contributed by atoms with Crippen LogP contribution in [0, 0.1) is 24.5 Å². The molecule has 34 heavy (non-hydrogen) atoms. The van der Waals surface area contributed by atoms with E-state index in [2.05, 4.69) is 4.98 Å². The quantitative estimate of drug-likeness (QED) is 0.558. The van der Waals surface area contributed by atoms with Crippen LogP contribution >= 0.6 is 0 Å². The average Bonchev–Trinajstić information content (AvgIpc) is 3.01. The molecular weight excluding hydrogens is 481 g/mol. The third kappa shape index (κ3) is 4.17. The van der Waals surface area contributed by atoms with Crippen molar-refractivity contribution in [2.45, 2.75) is 68.6 Å². The third-order valence-electron chi connectivity index (χ3n) is 6.43. The first-order chi connectivity index (χ1) is 15.7. The molecule has 0 saturated carbocycles. The fourth-order valence-corrected chi connectivity index (χ4v) is 5.50. The normalized spacial score (nSPS) is 26.2. The molecule has 1 N–H and O–H groups in total. The minimum Gasteiger partial charge on any atom is -0.493 e. The van der Waals surface area contributed by atoms with Gasteiger partial charge in [0.15, 0.2) is 22.6 Å². The SMILES string of the molecule is COc1c([C@H]2[C@H](c3cc(=O)c([S@](=O)C(C)C)c(C)[nH]3)O[C@@](C)(C(F)(F)F)[C@H]2C)ccc(F)c1F. The number of aromatic amines is 1. The molecule has 2 heterocycles. The molecule has 0 bridgehead atoms. The Morgan fingerprint density at radius 1 is 1.24 bits per heavy atom. The molecule has 1 aromatic heterocycles. The maximum absolute atomic E-state index is 14.5. The number of ether oxygens (including phenoxy) is 2. The van der Waals surface area contributed by atoms with Crippen LogP contribution in [0.15, 0.2) is 27.9 Å². The van der Waals surface area contributed by atoms with Crippen LogP contribution in [0.4, 0.5) is 22.0 Å². The lowest BCUT2D eigenvalue weighted by Crippen LogP contribution is -2.46. The summed E-state index contributed by atoms with van der Waals surface area (Å²) in [5.74, 6) is -5.52. The van der Waals surface area contributed by atoms with E-state index in [1.807, 2.05) is 0 Å². The third-order valence-corrected chi connectivity index (χ3v) is 8.20. The minimum absolute atomic E-state index is 0.00335. The van der Waals surface area contributed by atoms with Gasteiger partial charge < -0.3 is 14.5 Å². The lowest BCUT2D eigenvalue weighted by Gasteiger charge is -2.32. The molecule has 1 fully saturated rings. The van der Waals surface area contributed by atoms with Gasteiger partial charge in [-0.2, -0.15) is 17.6 Å². The van der Waals surface area contributed by atoms with Crippen molar-refractivity contribution in [2.24, 2.45) is 5.92 Å². The molecule has 5 atom stereocenters. The second kappa shape index (κ2) is 9.07. The van der Waals surface area contributed by atoms with Crippen molar-refractivity contribution >= 4 is 10.8 Å². The Morgan fingerprint density at radius 2 is 1.85 bits per heavy atom. The number of halogens is 5. The van der Waals surface area contributed by atoms with E-state index in [4.69, 9.17) is 9.47 Å². The summed E-state index contributed by atoms with van der Waals surface area (Å²) in [5, 5.41) is -0.360. The maximum atomic E-state index is 14.5. The van der Waals surface area contributed by atoms with Crippen LogP contribution < -0.4 is 10.2 Å². The number of H-pyrrole nitrogens is 1. The van der Waals surface area contributed by atoms with E-state index in [1.54, 1.807) is 13.8 Å². The second-order valence-electron chi connectivity index (χ2n) is 8.83. The molecule has 188 valence electrons. The number of hydrogen-bond donors (Lipinski definition) is 1. The van der Waals surface area contributed by atoms with Crippen molar-refractivity contribution in [2.75, 3.05) is 7.11 Å². The summed E-state index contributed by atoms with van der Waals surface area (Å²) in [6.07, 6.45) is -6.19. The number of benzene rings is 1. The van der Waals surface area contributed by atoms with Gasteiger partial charge in [-0.05, 0) is 19.9 Å². The van der Waals surface area contributed by atoms with Crippen molar-refractivity contribution in [3.8, 4) is 5.75 Å². The fraction of sp³-hybridized carbons (Fsp3) is 0.522. The van der Waals surface area contributed by atoms with Crippen LogP contribution in [-0.2, 0) is 15.5 Å². The molecule has 0 amide bonds. The molecule has 5 nitrogen and oxygen atoms in total. The Morgan fingerprint density at radius 3 is 2.35 bits per heavy atom. The summed E-state index contributed by atoms with van der Waals surface area (Å²) in [5.41, 5.74) is -3.08. The molecule has 0 aliphatic carbocycles. The first kappa shape index (κ1) is 26.3. The van der Waals surface area contributed by atoms with E-state index in [0.29, 0.717) is 0 Å². The highest BCUT2D eigenvalue weighted by molar-refractivity contribution is 7.85. The van der Waals surface area contributed by atoms with E-state index in [0.717, 1.165) is 32.2 Å². The Hall–Kier alpha value is -2.27. The zero-order chi connectivity index (χ0) is 25.7. The molecule has 0 spiro atoms. The number of pyridine rings is 1. The van der Waals surface area contributed by atoms with Gasteiger partial charge >= 0.3 is 6.18 Å². The van der Waals surface area contributed by atoms with E-state index in [9.17, 15) is 31.0 Å². The molecule has 0 radical (unpaired) electrons. The van der Waals surface area contributed by atoms with Crippen LogP contribution in [0.25, 0.3) is 0 Å². The van der Waals surface area contributed by atoms with Gasteiger partial charge in [0.05, 0.1) is 17.9 Å². The fourth-order valence-electron chi connectivity index (χ4n) is 4.42. The van der Waals surface area contributed by atoms with Crippen molar-refractivity contribution in [3.63, 3.8) is 0 Å². The topological polar surface area (TPSA) is 68.4 Å². The molecule has 2 aromatic rings. The largest absolute Gasteiger partial charge is 0.493 e. The number of methoxy groups -OCH3 is 1. The summed E-state index contributed by atoms with van der Waals surface area (Å²) in [6.45, 7) is 7.01. The highest BCUT2D eigenvalue weighted by Gasteiger charge is 2.65. The molecule has 1 saturated heterocycles. The monoisotopic (exact) mass is 507 g/mol. The van der Waals surface area contributed by atoms with Crippen molar-refractivity contribution in [3.05, 3.63) is 57.0 Å². The Kier molecular flexibility index (Phi) is 7.02. The first-order valence-electron chi connectivity index (χ1n) is 10.6. The number of aryl methyl sites for hydroxylation is 1.